The molecule has 0 saturated heterocycles. The highest BCUT2D eigenvalue weighted by Crippen LogP contribution is 2.26. The fourth-order valence-corrected chi connectivity index (χ4v) is 3.40. The fourth-order valence-electron chi connectivity index (χ4n) is 3.40. The van der Waals surface area contributed by atoms with Gasteiger partial charge in [0.05, 0.1) is 29.4 Å². The van der Waals surface area contributed by atoms with Crippen molar-refractivity contribution >= 4 is 28.9 Å². The van der Waals surface area contributed by atoms with Crippen LogP contribution in [0.3, 0.4) is 0 Å². The van der Waals surface area contributed by atoms with Crippen LogP contribution in [0.1, 0.15) is 22.8 Å². The predicted molar refractivity (Wildman–Crippen MR) is 126 cm³/mol. The lowest BCUT2D eigenvalue weighted by Gasteiger charge is -2.14. The Kier molecular flexibility index (Phi) is 6.63. The molecule has 0 radical (unpaired) electrons. The van der Waals surface area contributed by atoms with E-state index in [0.717, 1.165) is 11.1 Å². The third kappa shape index (κ3) is 4.93. The number of carbonyl (C=O) groups is 3. The highest BCUT2D eigenvalue weighted by atomic mass is 16.5. The van der Waals surface area contributed by atoms with Crippen LogP contribution in [0.2, 0.25) is 0 Å². The minimum atomic E-state index is -1.19. The summed E-state index contributed by atoms with van der Waals surface area (Å²) < 4.78 is 7.09. The third-order valence-electron chi connectivity index (χ3n) is 5.19. The molecule has 0 spiro atoms. The molecule has 0 aliphatic rings. The van der Waals surface area contributed by atoms with Crippen molar-refractivity contribution in [1.29, 1.82) is 0 Å². The Bertz CT molecular complexity index is 1340. The molecule has 0 aliphatic heterocycles. The number of amides is 3. The highest BCUT2D eigenvalue weighted by molar-refractivity contribution is 6.05. The maximum Gasteiger partial charge on any atom is 0.339 e. The maximum atomic E-state index is 13.1. The largest absolute Gasteiger partial charge is 0.449 e. The Morgan fingerprint density at radius 1 is 1.03 bits per heavy atom. The van der Waals surface area contributed by atoms with Gasteiger partial charge in [0.2, 0.25) is 0 Å². The van der Waals surface area contributed by atoms with Crippen molar-refractivity contribution in [2.75, 3.05) is 7.05 Å². The quantitative estimate of drug-likeness (QED) is 0.430. The maximum absolute atomic E-state index is 13.1. The van der Waals surface area contributed by atoms with Crippen LogP contribution in [0.15, 0.2) is 72.9 Å². The Morgan fingerprint density at radius 3 is 2.38 bits per heavy atom. The van der Waals surface area contributed by atoms with Crippen LogP contribution in [0.25, 0.3) is 22.3 Å². The van der Waals surface area contributed by atoms with Crippen molar-refractivity contribution in [1.82, 2.24) is 25.4 Å². The lowest BCUT2D eigenvalue weighted by Crippen LogP contribution is -2.43. The molecule has 0 unspecified atom stereocenters. The van der Waals surface area contributed by atoms with Gasteiger partial charge in [-0.1, -0.05) is 60.7 Å². The molecule has 0 fully saturated rings. The first-order valence-corrected chi connectivity index (χ1v) is 10.7. The first-order valence-electron chi connectivity index (χ1n) is 10.7. The molecule has 2 aromatic carbocycles. The van der Waals surface area contributed by atoms with Gasteiger partial charge in [0.1, 0.15) is 0 Å². The van der Waals surface area contributed by atoms with Crippen molar-refractivity contribution in [3.63, 3.8) is 0 Å². The Hall–Kier alpha value is -4.53. The van der Waals surface area contributed by atoms with Gasteiger partial charge in [-0.05, 0) is 18.6 Å². The molecule has 0 bridgehead atoms. The average molecular weight is 457 g/mol. The van der Waals surface area contributed by atoms with Crippen LogP contribution in [-0.4, -0.2) is 45.8 Å². The van der Waals surface area contributed by atoms with Crippen LogP contribution < -0.4 is 10.6 Å². The minimum Gasteiger partial charge on any atom is -0.449 e. The van der Waals surface area contributed by atoms with Crippen LogP contribution in [0.5, 0.6) is 0 Å². The molecule has 2 heterocycles. The number of nitrogens with one attached hydrogen (secondary N) is 2. The normalized spacial score (nSPS) is 11.6. The van der Waals surface area contributed by atoms with E-state index in [0.29, 0.717) is 23.3 Å². The van der Waals surface area contributed by atoms with Gasteiger partial charge < -0.3 is 10.1 Å². The van der Waals surface area contributed by atoms with Gasteiger partial charge in [-0.15, -0.1) is 0 Å². The molecule has 4 aromatic rings. The summed E-state index contributed by atoms with van der Waals surface area (Å²) in [6.07, 6.45) is 0.374. The lowest BCUT2D eigenvalue weighted by molar-refractivity contribution is -0.127. The van der Waals surface area contributed by atoms with E-state index in [9.17, 15) is 14.4 Å². The molecule has 172 valence electrons. The number of hydrogen-bond acceptors (Lipinski definition) is 6. The summed E-state index contributed by atoms with van der Waals surface area (Å²) in [6, 6.07) is 20.2. The fraction of sp³-hybridized carbons (Fsp3) is 0.160. The van der Waals surface area contributed by atoms with Gasteiger partial charge >= 0.3 is 12.0 Å². The standard InChI is InChI=1S/C25H23N5O4/c1-16(23(31)29-25(33)26-2)34-24(32)19-13-21(18-11-7-4-8-12-18)28-22-20(19)14-27-30(22)15-17-9-5-3-6-10-17/h3-14,16H,15H2,1-2H3,(H2,26,29,31,33)/t16-/m0/s1. The lowest BCUT2D eigenvalue weighted by atomic mass is 10.1. The first kappa shape index (κ1) is 22.7. The van der Waals surface area contributed by atoms with E-state index in [1.54, 1.807) is 16.9 Å². The molecule has 34 heavy (non-hydrogen) atoms. The molecule has 0 aliphatic carbocycles. The average Bonchev–Trinajstić information content (AvgIpc) is 3.26. The van der Waals surface area contributed by atoms with Crippen LogP contribution in [0.4, 0.5) is 4.79 Å². The topological polar surface area (TPSA) is 115 Å². The molecular formula is C25H23N5O4. The van der Waals surface area contributed by atoms with Crippen LogP contribution in [0, 0.1) is 0 Å². The van der Waals surface area contributed by atoms with E-state index in [4.69, 9.17) is 9.72 Å². The van der Waals surface area contributed by atoms with Gasteiger partial charge in [0.25, 0.3) is 5.91 Å². The van der Waals surface area contributed by atoms with E-state index in [2.05, 4.69) is 15.7 Å². The summed E-state index contributed by atoms with van der Waals surface area (Å²) in [4.78, 5) is 41.5. The monoisotopic (exact) mass is 457 g/mol. The molecule has 2 N–H and O–H groups in total. The summed E-state index contributed by atoms with van der Waals surface area (Å²) in [6.45, 7) is 1.86. The number of fused-ring (bicyclic) bond motifs is 1. The van der Waals surface area contributed by atoms with Crippen molar-refractivity contribution < 1.29 is 19.1 Å². The number of esters is 1. The molecule has 2 aromatic heterocycles. The SMILES string of the molecule is CNC(=O)NC(=O)[C@H](C)OC(=O)c1cc(-c2ccccc2)nc2c1cnn2Cc1ccccc1. The van der Waals surface area contributed by atoms with Crippen LogP contribution >= 0.6 is 0 Å². The van der Waals surface area contributed by atoms with Crippen molar-refractivity contribution in [3.05, 3.63) is 84.1 Å². The molecule has 1 atom stereocenters. The molecule has 4 rings (SSSR count). The van der Waals surface area contributed by atoms with Crippen molar-refractivity contribution in [3.8, 4) is 11.3 Å². The predicted octanol–water partition coefficient (Wildman–Crippen LogP) is 3.15. The number of aromatic nitrogens is 3. The summed E-state index contributed by atoms with van der Waals surface area (Å²) in [5.41, 5.74) is 3.15. The summed E-state index contributed by atoms with van der Waals surface area (Å²) >= 11 is 0. The summed E-state index contributed by atoms with van der Waals surface area (Å²) in [5, 5.41) is 9.32. The number of hydrogen-bond donors (Lipinski definition) is 2. The molecule has 0 saturated carbocycles. The number of pyridine rings is 1. The van der Waals surface area contributed by atoms with Gasteiger partial charge in [-0.2, -0.15) is 5.10 Å². The number of ether oxygens (including phenoxy) is 1. The first-order chi connectivity index (χ1) is 16.5. The zero-order valence-electron chi connectivity index (χ0n) is 18.7. The van der Waals surface area contributed by atoms with Gasteiger partial charge in [-0.3, -0.25) is 10.1 Å². The smallest absolute Gasteiger partial charge is 0.339 e. The second kappa shape index (κ2) is 9.95. The van der Waals surface area contributed by atoms with E-state index >= 15 is 0 Å². The molecule has 3 amide bonds. The number of imide groups is 1. The second-order valence-corrected chi connectivity index (χ2v) is 7.56. The van der Waals surface area contributed by atoms with E-state index in [1.165, 1.54) is 14.0 Å². The van der Waals surface area contributed by atoms with E-state index < -0.39 is 24.0 Å². The number of rotatable bonds is 6. The Morgan fingerprint density at radius 2 is 1.71 bits per heavy atom. The van der Waals surface area contributed by atoms with Crippen LogP contribution in [-0.2, 0) is 16.1 Å². The number of urea groups is 1. The van der Waals surface area contributed by atoms with Crippen molar-refractivity contribution in [2.45, 2.75) is 19.6 Å². The van der Waals surface area contributed by atoms with E-state index in [-0.39, 0.29) is 5.56 Å². The summed E-state index contributed by atoms with van der Waals surface area (Å²) in [7, 11) is 1.38. The number of carbonyl (C=O) groups excluding carboxylic acids is 3. The summed E-state index contributed by atoms with van der Waals surface area (Å²) in [5.74, 6) is -1.45. The Labute approximate surface area is 195 Å². The zero-order chi connectivity index (χ0) is 24.1. The van der Waals surface area contributed by atoms with E-state index in [1.807, 2.05) is 60.7 Å². The molecule has 9 nitrogen and oxygen atoms in total. The molecule has 9 heteroatoms. The Balaban J connectivity index is 1.72. The van der Waals surface area contributed by atoms with Crippen molar-refractivity contribution in [2.24, 2.45) is 0 Å². The third-order valence-corrected chi connectivity index (χ3v) is 5.19. The van der Waals surface area contributed by atoms with Gasteiger partial charge in [0, 0.05) is 12.6 Å². The minimum absolute atomic E-state index is 0.225. The molecular weight excluding hydrogens is 434 g/mol. The second-order valence-electron chi connectivity index (χ2n) is 7.56. The highest BCUT2D eigenvalue weighted by Gasteiger charge is 2.24. The number of nitrogens with zero attached hydrogens (tertiary/aromatic N) is 3. The van der Waals surface area contributed by atoms with Gasteiger partial charge in [-0.25, -0.2) is 19.3 Å². The number of benzene rings is 2. The van der Waals surface area contributed by atoms with Gasteiger partial charge in [0.15, 0.2) is 11.8 Å². The zero-order valence-corrected chi connectivity index (χ0v) is 18.7.